The van der Waals surface area contributed by atoms with E-state index in [1.54, 1.807) is 14.0 Å². The quantitative estimate of drug-likeness (QED) is 0.812. The zero-order valence-corrected chi connectivity index (χ0v) is 13.5. The molecule has 1 heterocycles. The van der Waals surface area contributed by atoms with Gasteiger partial charge in [-0.3, -0.25) is 4.79 Å². The fourth-order valence-electron chi connectivity index (χ4n) is 2.96. The van der Waals surface area contributed by atoms with E-state index in [4.69, 9.17) is 18.9 Å². The summed E-state index contributed by atoms with van der Waals surface area (Å²) in [5.41, 5.74) is 0.835. The summed E-state index contributed by atoms with van der Waals surface area (Å²) < 4.78 is 22.3. The summed E-state index contributed by atoms with van der Waals surface area (Å²) in [5.74, 6) is -0.608. The minimum absolute atomic E-state index is 0.360. The maximum Gasteiger partial charge on any atom is 0.303 e. The summed E-state index contributed by atoms with van der Waals surface area (Å²) in [5, 5.41) is 2.10. The van der Waals surface area contributed by atoms with E-state index in [9.17, 15) is 4.79 Å². The van der Waals surface area contributed by atoms with Gasteiger partial charge in [0.15, 0.2) is 6.10 Å². The summed E-state index contributed by atoms with van der Waals surface area (Å²) in [4.78, 5) is 11.3. The summed E-state index contributed by atoms with van der Waals surface area (Å²) in [6.45, 7) is 4.09. The van der Waals surface area contributed by atoms with E-state index >= 15 is 0 Å². The largest absolute Gasteiger partial charge is 0.497 e. The van der Waals surface area contributed by atoms with E-state index in [0.717, 1.165) is 22.1 Å². The van der Waals surface area contributed by atoms with Crippen molar-refractivity contribution in [3.05, 3.63) is 42.0 Å². The van der Waals surface area contributed by atoms with E-state index in [-0.39, 0.29) is 5.97 Å². The van der Waals surface area contributed by atoms with Gasteiger partial charge in [-0.15, -0.1) is 0 Å². The van der Waals surface area contributed by atoms with Gasteiger partial charge < -0.3 is 18.9 Å². The van der Waals surface area contributed by atoms with Crippen LogP contribution in [-0.2, 0) is 24.8 Å². The van der Waals surface area contributed by atoms with Gasteiger partial charge in [0.1, 0.15) is 5.75 Å². The molecule has 2 aromatic rings. The number of ether oxygens (including phenoxy) is 4. The van der Waals surface area contributed by atoms with Crippen LogP contribution in [-0.4, -0.2) is 32.4 Å². The van der Waals surface area contributed by atoms with Crippen LogP contribution < -0.4 is 4.74 Å². The summed E-state index contributed by atoms with van der Waals surface area (Å²) in [7, 11) is 1.64. The number of fused-ring (bicyclic) bond motifs is 1. The molecule has 1 atom stereocenters. The Bertz CT molecular complexity index is 718. The van der Waals surface area contributed by atoms with Crippen molar-refractivity contribution in [1.29, 1.82) is 0 Å². The molecule has 1 aliphatic heterocycles. The second kappa shape index (κ2) is 6.18. The lowest BCUT2D eigenvalue weighted by Crippen LogP contribution is -2.41. The average Bonchev–Trinajstić information content (AvgIpc) is 3.04. The lowest BCUT2D eigenvalue weighted by atomic mass is 9.97. The molecule has 2 aromatic carbocycles. The van der Waals surface area contributed by atoms with Crippen molar-refractivity contribution in [2.24, 2.45) is 0 Å². The van der Waals surface area contributed by atoms with Crippen molar-refractivity contribution in [3.63, 3.8) is 0 Å². The van der Waals surface area contributed by atoms with Crippen molar-refractivity contribution in [1.82, 2.24) is 0 Å². The molecular weight excluding hydrogens is 296 g/mol. The zero-order valence-electron chi connectivity index (χ0n) is 13.5. The Hall–Kier alpha value is -2.11. The van der Waals surface area contributed by atoms with Gasteiger partial charge in [-0.1, -0.05) is 18.2 Å². The second-order valence-corrected chi connectivity index (χ2v) is 5.54. The second-order valence-electron chi connectivity index (χ2n) is 5.54. The third-order valence-corrected chi connectivity index (χ3v) is 4.04. The molecule has 0 N–H and O–H groups in total. The normalized spacial score (nSPS) is 17.9. The number of benzene rings is 2. The van der Waals surface area contributed by atoms with Crippen LogP contribution in [0.2, 0.25) is 0 Å². The maximum absolute atomic E-state index is 11.3. The van der Waals surface area contributed by atoms with Crippen LogP contribution in [0.1, 0.15) is 19.4 Å². The first-order valence-corrected chi connectivity index (χ1v) is 7.58. The fourth-order valence-corrected chi connectivity index (χ4v) is 2.96. The van der Waals surface area contributed by atoms with Gasteiger partial charge in [-0.2, -0.15) is 0 Å². The molecule has 5 nitrogen and oxygen atoms in total. The monoisotopic (exact) mass is 316 g/mol. The van der Waals surface area contributed by atoms with Crippen molar-refractivity contribution >= 4 is 16.7 Å². The minimum atomic E-state index is -1.06. The molecule has 0 saturated carbocycles. The number of methoxy groups -OCH3 is 1. The topological polar surface area (TPSA) is 54.0 Å². The third-order valence-electron chi connectivity index (χ3n) is 4.04. The molecule has 3 rings (SSSR count). The van der Waals surface area contributed by atoms with Crippen molar-refractivity contribution in [3.8, 4) is 5.75 Å². The van der Waals surface area contributed by atoms with Crippen molar-refractivity contribution in [2.75, 3.05) is 20.3 Å². The van der Waals surface area contributed by atoms with Crippen molar-refractivity contribution in [2.45, 2.75) is 25.7 Å². The number of hydrogen-bond acceptors (Lipinski definition) is 5. The van der Waals surface area contributed by atoms with Gasteiger partial charge in [-0.25, -0.2) is 0 Å². The minimum Gasteiger partial charge on any atom is -0.497 e. The standard InChI is InChI=1S/C18H20O5/c1-12(23-13(2)19)18(21-8-9-22-18)16-6-4-15-11-17(20-3)7-5-14(15)10-16/h4-7,10-12H,8-9H2,1-3H3. The van der Waals surface area contributed by atoms with Gasteiger partial charge in [0.25, 0.3) is 0 Å². The Morgan fingerprint density at radius 1 is 1.13 bits per heavy atom. The maximum atomic E-state index is 11.3. The van der Waals surface area contributed by atoms with Crippen LogP contribution in [0.5, 0.6) is 5.75 Å². The smallest absolute Gasteiger partial charge is 0.303 e. The van der Waals surface area contributed by atoms with Gasteiger partial charge in [0, 0.05) is 12.5 Å². The van der Waals surface area contributed by atoms with Crippen LogP contribution in [0.25, 0.3) is 10.8 Å². The summed E-state index contributed by atoms with van der Waals surface area (Å²) in [6.07, 6.45) is -0.543. The molecule has 1 unspecified atom stereocenters. The number of rotatable bonds is 4. The van der Waals surface area contributed by atoms with E-state index < -0.39 is 11.9 Å². The molecule has 0 aliphatic carbocycles. The first-order valence-electron chi connectivity index (χ1n) is 7.58. The average molecular weight is 316 g/mol. The molecule has 0 bridgehead atoms. The lowest BCUT2D eigenvalue weighted by Gasteiger charge is -2.33. The Balaban J connectivity index is 2.03. The van der Waals surface area contributed by atoms with E-state index in [2.05, 4.69) is 0 Å². The number of carbonyl (C=O) groups excluding carboxylic acids is 1. The number of carbonyl (C=O) groups is 1. The van der Waals surface area contributed by atoms with E-state index in [1.165, 1.54) is 6.92 Å². The summed E-state index contributed by atoms with van der Waals surface area (Å²) in [6, 6.07) is 11.8. The molecule has 1 fully saturated rings. The Morgan fingerprint density at radius 3 is 2.43 bits per heavy atom. The highest BCUT2D eigenvalue weighted by Crippen LogP contribution is 2.38. The van der Waals surface area contributed by atoms with Gasteiger partial charge in [-0.05, 0) is 35.9 Å². The van der Waals surface area contributed by atoms with Crippen LogP contribution >= 0.6 is 0 Å². The van der Waals surface area contributed by atoms with Crippen LogP contribution in [0.15, 0.2) is 36.4 Å². The first kappa shape index (κ1) is 15.8. The number of hydrogen-bond donors (Lipinski definition) is 0. The van der Waals surface area contributed by atoms with E-state index in [1.807, 2.05) is 36.4 Å². The van der Waals surface area contributed by atoms with Gasteiger partial charge >= 0.3 is 5.97 Å². The number of esters is 1. The predicted octanol–water partition coefficient (Wildman–Crippen LogP) is 3.00. The Morgan fingerprint density at radius 2 is 1.78 bits per heavy atom. The fraction of sp³-hybridized carbons (Fsp3) is 0.389. The molecule has 1 aliphatic rings. The molecule has 122 valence electrons. The highest BCUT2D eigenvalue weighted by Gasteiger charge is 2.46. The third kappa shape index (κ3) is 2.90. The molecule has 5 heteroatoms. The SMILES string of the molecule is COc1ccc2cc(C3(C(C)OC(C)=O)OCCO3)ccc2c1. The first-order chi connectivity index (χ1) is 11.0. The lowest BCUT2D eigenvalue weighted by molar-refractivity contribution is -0.234. The van der Waals surface area contributed by atoms with E-state index in [0.29, 0.717) is 13.2 Å². The Labute approximate surface area is 135 Å². The van der Waals surface area contributed by atoms with Gasteiger partial charge in [0.2, 0.25) is 5.79 Å². The van der Waals surface area contributed by atoms with Gasteiger partial charge in [0.05, 0.1) is 20.3 Å². The Kier molecular flexibility index (Phi) is 4.24. The van der Waals surface area contributed by atoms with Crippen LogP contribution in [0.3, 0.4) is 0 Å². The molecular formula is C18H20O5. The zero-order chi connectivity index (χ0) is 16.4. The molecule has 0 radical (unpaired) electrons. The molecule has 0 spiro atoms. The highest BCUT2D eigenvalue weighted by molar-refractivity contribution is 5.84. The molecule has 23 heavy (non-hydrogen) atoms. The molecule has 0 aromatic heterocycles. The molecule has 1 saturated heterocycles. The summed E-state index contributed by atoms with van der Waals surface area (Å²) >= 11 is 0. The van der Waals surface area contributed by atoms with Crippen LogP contribution in [0.4, 0.5) is 0 Å². The highest BCUT2D eigenvalue weighted by atomic mass is 16.8. The van der Waals surface area contributed by atoms with Crippen molar-refractivity contribution < 1.29 is 23.7 Å². The molecule has 0 amide bonds. The van der Waals surface area contributed by atoms with Crippen LogP contribution in [0, 0.1) is 0 Å². The predicted molar refractivity (Wildman–Crippen MR) is 85.3 cm³/mol.